The van der Waals surface area contributed by atoms with Gasteiger partial charge in [0, 0.05) is 24.7 Å². The van der Waals surface area contributed by atoms with Crippen molar-refractivity contribution in [2.24, 2.45) is 10.9 Å². The third kappa shape index (κ3) is 11.7. The van der Waals surface area contributed by atoms with Gasteiger partial charge in [-0.1, -0.05) is 40.0 Å². The molecule has 1 amide bonds. The van der Waals surface area contributed by atoms with E-state index < -0.39 is 0 Å². The van der Waals surface area contributed by atoms with Crippen molar-refractivity contribution in [1.29, 1.82) is 0 Å². The van der Waals surface area contributed by atoms with Gasteiger partial charge in [-0.15, -0.1) is 0 Å². The van der Waals surface area contributed by atoms with E-state index in [-0.39, 0.29) is 25.6 Å². The highest BCUT2D eigenvalue weighted by molar-refractivity contribution is 5.83. The molecule has 1 aliphatic carbocycles. The summed E-state index contributed by atoms with van der Waals surface area (Å²) in [5.74, 6) is 1.12. The molecule has 1 atom stereocenters. The lowest BCUT2D eigenvalue weighted by Gasteiger charge is -2.24. The Morgan fingerprint density at radius 3 is 2.31 bits per heavy atom. The zero-order valence-corrected chi connectivity index (χ0v) is 23.3. The lowest BCUT2D eigenvalue weighted by Crippen LogP contribution is -2.32. The van der Waals surface area contributed by atoms with Crippen LogP contribution in [-0.4, -0.2) is 44.3 Å². The average molecular weight is 535 g/mol. The minimum absolute atomic E-state index is 0. The maximum Gasteiger partial charge on any atom is 0.223 e. The highest BCUT2D eigenvalue weighted by atomic mass is 19.1. The van der Waals surface area contributed by atoms with Crippen LogP contribution in [0.25, 0.3) is 5.70 Å². The Morgan fingerprint density at radius 2 is 1.72 bits per heavy atom. The molecule has 0 heterocycles. The van der Waals surface area contributed by atoms with E-state index in [2.05, 4.69) is 56.3 Å². The van der Waals surface area contributed by atoms with E-state index in [0.29, 0.717) is 29.7 Å². The Balaban J connectivity index is 0.00000248. The molecule has 3 rings (SSSR count). The maximum absolute atomic E-state index is 13.1. The summed E-state index contributed by atoms with van der Waals surface area (Å²) in [6.07, 6.45) is 13.9. The van der Waals surface area contributed by atoms with Gasteiger partial charge in [0.1, 0.15) is 23.0 Å². The van der Waals surface area contributed by atoms with Gasteiger partial charge >= 0.3 is 0 Å². The third-order valence-electron chi connectivity index (χ3n) is 5.77. The van der Waals surface area contributed by atoms with E-state index in [1.807, 2.05) is 44.2 Å². The topological polar surface area (TPSA) is 50.7 Å². The lowest BCUT2D eigenvalue weighted by atomic mass is 10.0. The summed E-state index contributed by atoms with van der Waals surface area (Å²) in [7, 11) is 6.47. The number of amides is 1. The van der Waals surface area contributed by atoms with Crippen molar-refractivity contribution < 1.29 is 18.4 Å². The minimum Gasteiger partial charge on any atom is -0.457 e. The van der Waals surface area contributed by atoms with Gasteiger partial charge in [0.2, 0.25) is 5.91 Å². The number of likely N-dealkylation sites (N-methyl/N-ethyl adjacent to an activating group) is 1. The predicted octanol–water partition coefficient (Wildman–Crippen LogP) is 7.94. The largest absolute Gasteiger partial charge is 0.457 e. The number of rotatable bonds is 10. The van der Waals surface area contributed by atoms with Gasteiger partial charge < -0.3 is 10.1 Å². The number of nitrogens with zero attached hydrogens (tertiary/aromatic N) is 2. The summed E-state index contributed by atoms with van der Waals surface area (Å²) in [5.41, 5.74) is 2.80. The van der Waals surface area contributed by atoms with Crippen LogP contribution in [0.4, 0.5) is 4.39 Å². The van der Waals surface area contributed by atoms with E-state index in [4.69, 9.17) is 4.74 Å². The number of carbonyl (C=O) groups excluding carboxylic acids is 1. The van der Waals surface area contributed by atoms with Gasteiger partial charge in [0.25, 0.3) is 0 Å². The predicted molar refractivity (Wildman–Crippen MR) is 163 cm³/mol. The van der Waals surface area contributed by atoms with Crippen molar-refractivity contribution in [1.82, 2.24) is 5.32 Å². The molecule has 0 aromatic heterocycles. The molecule has 1 unspecified atom stereocenters. The van der Waals surface area contributed by atoms with Gasteiger partial charge in [-0.05, 0) is 85.5 Å². The second-order valence-electron chi connectivity index (χ2n) is 9.53. The van der Waals surface area contributed by atoms with Crippen molar-refractivity contribution in [3.8, 4) is 11.5 Å². The number of halogens is 1. The highest BCUT2D eigenvalue weighted by Crippen LogP contribution is 2.25. The third-order valence-corrected chi connectivity index (χ3v) is 5.77. The fourth-order valence-electron chi connectivity index (χ4n) is 3.73. The van der Waals surface area contributed by atoms with Crippen molar-refractivity contribution >= 4 is 17.8 Å². The molecule has 0 spiro atoms. The van der Waals surface area contributed by atoms with E-state index in [9.17, 15) is 9.18 Å². The number of quaternary nitrogens is 1. The standard InChI is InChI=1S/C30H34FN3O2.C2H6.CH4/c1-5-21-32-29(24-10-15-27(16-11-24)36-28-17-12-25(31)13-18-28)19-20-30(35)33-22-23-7-6-8-26(14-9-23)34(2,3)4;1-2;/h5,8-19,21,23H,1,6-7,20,22H2,2-4H3;1-2H3;1H4/p+1/b29-19-,32-21?;;. The van der Waals surface area contributed by atoms with Crippen LogP contribution in [0.15, 0.2) is 96.2 Å². The van der Waals surface area contributed by atoms with Crippen LogP contribution in [-0.2, 0) is 4.79 Å². The second-order valence-corrected chi connectivity index (χ2v) is 9.53. The first kappa shape index (κ1) is 33.3. The fourth-order valence-corrected chi connectivity index (χ4v) is 3.73. The number of carbonyl (C=O) groups is 1. The lowest BCUT2D eigenvalue weighted by molar-refractivity contribution is -0.828. The molecule has 0 saturated carbocycles. The Hall–Kier alpha value is -3.77. The molecule has 0 aliphatic heterocycles. The van der Waals surface area contributed by atoms with Crippen LogP contribution in [0, 0.1) is 11.7 Å². The van der Waals surface area contributed by atoms with Gasteiger partial charge in [-0.3, -0.25) is 14.3 Å². The fraction of sp³-hybridized carbons (Fsp3) is 0.333. The number of allylic oxidation sites excluding steroid dienone is 3. The van der Waals surface area contributed by atoms with Crippen LogP contribution in [0.2, 0.25) is 0 Å². The number of nitrogens with one attached hydrogen (secondary N) is 1. The molecule has 0 fully saturated rings. The number of hydrogen-bond acceptors (Lipinski definition) is 3. The van der Waals surface area contributed by atoms with Crippen LogP contribution < -0.4 is 10.1 Å². The Bertz CT molecular complexity index is 1150. The zero-order chi connectivity index (χ0) is 28.0. The first-order valence-corrected chi connectivity index (χ1v) is 13.1. The number of hydrogen-bond donors (Lipinski definition) is 1. The maximum atomic E-state index is 13.1. The quantitative estimate of drug-likeness (QED) is 0.248. The minimum atomic E-state index is -0.312. The van der Waals surface area contributed by atoms with E-state index in [1.165, 1.54) is 17.8 Å². The van der Waals surface area contributed by atoms with E-state index in [0.717, 1.165) is 22.9 Å². The molecule has 5 nitrogen and oxygen atoms in total. The van der Waals surface area contributed by atoms with Crippen molar-refractivity contribution in [3.05, 3.63) is 103 Å². The Labute approximate surface area is 234 Å². The first-order valence-electron chi connectivity index (χ1n) is 13.1. The number of ether oxygens (including phenoxy) is 1. The molecule has 1 aliphatic rings. The zero-order valence-electron chi connectivity index (χ0n) is 23.3. The van der Waals surface area contributed by atoms with Gasteiger partial charge in [0.15, 0.2) is 0 Å². The van der Waals surface area contributed by atoms with Gasteiger partial charge in [0.05, 0.1) is 26.8 Å². The van der Waals surface area contributed by atoms with Crippen LogP contribution in [0.1, 0.15) is 46.1 Å². The summed E-state index contributed by atoms with van der Waals surface area (Å²) in [5, 5.41) is 3.06. The molecule has 2 aromatic rings. The average Bonchev–Trinajstić information content (AvgIpc) is 3.17. The smallest absolute Gasteiger partial charge is 0.223 e. The normalized spacial score (nSPS) is 15.3. The number of benzene rings is 2. The summed E-state index contributed by atoms with van der Waals surface area (Å²) in [4.78, 5) is 17.0. The van der Waals surface area contributed by atoms with Crippen LogP contribution >= 0.6 is 0 Å². The van der Waals surface area contributed by atoms with Crippen molar-refractivity contribution in [2.75, 3.05) is 27.7 Å². The summed E-state index contributed by atoms with van der Waals surface area (Å²) >= 11 is 0. The van der Waals surface area contributed by atoms with Gasteiger partial charge in [-0.2, -0.15) is 0 Å². The summed E-state index contributed by atoms with van der Waals surface area (Å²) in [6, 6.07) is 13.2. The molecule has 1 N–H and O–H groups in total. The summed E-state index contributed by atoms with van der Waals surface area (Å²) in [6.45, 7) is 8.30. The van der Waals surface area contributed by atoms with Crippen molar-refractivity contribution in [2.45, 2.75) is 40.5 Å². The Kier molecular flexibility index (Phi) is 14.5. The molecule has 0 bridgehead atoms. The van der Waals surface area contributed by atoms with Crippen LogP contribution in [0.3, 0.4) is 0 Å². The SMILES string of the molecule is C.C=CC=N/C(=C\CC(=O)NCC1C=CC([N+](C)(C)C)=CCC1)c1ccc(Oc2ccc(F)cc2)cc1.CC. The Morgan fingerprint density at radius 1 is 1.10 bits per heavy atom. The molecule has 210 valence electrons. The molecular weight excluding hydrogens is 489 g/mol. The molecule has 39 heavy (non-hydrogen) atoms. The molecule has 6 heteroatoms. The van der Waals surface area contributed by atoms with Crippen LogP contribution in [0.5, 0.6) is 11.5 Å². The first-order chi connectivity index (χ1) is 18.2. The van der Waals surface area contributed by atoms with Gasteiger partial charge in [-0.25, -0.2) is 4.39 Å². The van der Waals surface area contributed by atoms with E-state index in [1.54, 1.807) is 24.4 Å². The summed E-state index contributed by atoms with van der Waals surface area (Å²) < 4.78 is 19.6. The molecule has 0 radical (unpaired) electrons. The monoisotopic (exact) mass is 534 g/mol. The highest BCUT2D eigenvalue weighted by Gasteiger charge is 2.17. The molecule has 0 saturated heterocycles. The molecular formula is C33H45FN3O2+. The number of aliphatic imine (C=N–C) groups is 1. The van der Waals surface area contributed by atoms with E-state index >= 15 is 0 Å². The second kappa shape index (κ2) is 16.9. The van der Waals surface area contributed by atoms with Crippen molar-refractivity contribution in [3.63, 3.8) is 0 Å². The molecule has 2 aromatic carbocycles.